The summed E-state index contributed by atoms with van der Waals surface area (Å²) in [5.41, 5.74) is 6.32. The summed E-state index contributed by atoms with van der Waals surface area (Å²) in [6.45, 7) is 0. The van der Waals surface area contributed by atoms with Crippen molar-refractivity contribution in [3.63, 3.8) is 0 Å². The predicted molar refractivity (Wildman–Crippen MR) is 87.7 cm³/mol. The molecule has 0 aromatic heterocycles. The highest BCUT2D eigenvalue weighted by atomic mass is 32.2. The number of thioether (sulfide) groups is 1. The van der Waals surface area contributed by atoms with Crippen LogP contribution in [-0.2, 0) is 0 Å². The second kappa shape index (κ2) is 7.00. The van der Waals surface area contributed by atoms with Gasteiger partial charge in [0.15, 0.2) is 0 Å². The fourth-order valence-corrected chi connectivity index (χ4v) is 2.41. The van der Waals surface area contributed by atoms with Crippen molar-refractivity contribution in [3.05, 3.63) is 53.6 Å². The van der Waals surface area contributed by atoms with Crippen LogP contribution in [-0.4, -0.2) is 25.2 Å². The van der Waals surface area contributed by atoms with E-state index in [2.05, 4.69) is 5.32 Å². The molecule has 0 aliphatic rings. The number of anilines is 1. The van der Waals surface area contributed by atoms with Gasteiger partial charge in [0, 0.05) is 4.90 Å². The number of carbonyl (C=O) groups excluding carboxylic acids is 2. The van der Waals surface area contributed by atoms with Crippen LogP contribution in [0.4, 0.5) is 5.69 Å². The fourth-order valence-electron chi connectivity index (χ4n) is 1.98. The lowest BCUT2D eigenvalue weighted by atomic mass is 10.1. The van der Waals surface area contributed by atoms with Gasteiger partial charge in [-0.2, -0.15) is 0 Å². The molecular formula is C16H16N2O3S. The second-order valence-electron chi connectivity index (χ2n) is 4.43. The Bertz CT molecular complexity index is 716. The maximum Gasteiger partial charge on any atom is 0.259 e. The molecule has 0 heterocycles. The Balaban J connectivity index is 2.32. The van der Waals surface area contributed by atoms with Gasteiger partial charge in [0.1, 0.15) is 5.75 Å². The number of primary amides is 1. The van der Waals surface area contributed by atoms with Crippen molar-refractivity contribution in [2.75, 3.05) is 18.7 Å². The van der Waals surface area contributed by atoms with Crippen molar-refractivity contribution in [3.8, 4) is 5.75 Å². The Morgan fingerprint density at radius 3 is 2.50 bits per heavy atom. The van der Waals surface area contributed by atoms with E-state index in [4.69, 9.17) is 10.5 Å². The molecule has 0 unspecified atom stereocenters. The number of ether oxygens (including phenoxy) is 1. The van der Waals surface area contributed by atoms with Crippen LogP contribution < -0.4 is 15.8 Å². The summed E-state index contributed by atoms with van der Waals surface area (Å²) in [5.74, 6) is -0.486. The molecule has 0 spiro atoms. The van der Waals surface area contributed by atoms with Gasteiger partial charge in [-0.1, -0.05) is 12.1 Å². The molecule has 6 heteroatoms. The van der Waals surface area contributed by atoms with Gasteiger partial charge in [0.2, 0.25) is 0 Å². The van der Waals surface area contributed by atoms with E-state index in [9.17, 15) is 9.59 Å². The molecule has 2 amide bonds. The van der Waals surface area contributed by atoms with Crippen LogP contribution in [0.3, 0.4) is 0 Å². The molecule has 0 aliphatic carbocycles. The van der Waals surface area contributed by atoms with Crippen molar-refractivity contribution in [1.82, 2.24) is 0 Å². The van der Waals surface area contributed by atoms with E-state index in [-0.39, 0.29) is 11.5 Å². The zero-order valence-corrected chi connectivity index (χ0v) is 13.1. The third-order valence-electron chi connectivity index (χ3n) is 3.09. The third-order valence-corrected chi connectivity index (χ3v) is 3.82. The highest BCUT2D eigenvalue weighted by molar-refractivity contribution is 7.98. The molecular weight excluding hydrogens is 300 g/mol. The zero-order chi connectivity index (χ0) is 16.1. The summed E-state index contributed by atoms with van der Waals surface area (Å²) in [5, 5.41) is 2.69. The largest absolute Gasteiger partial charge is 0.496 e. The maximum absolute atomic E-state index is 12.4. The first-order chi connectivity index (χ1) is 10.6. The SMILES string of the molecule is COc1cc(SC)ccc1C(=O)Nc1ccccc1C(N)=O. The number of hydrogen-bond donors (Lipinski definition) is 2. The highest BCUT2D eigenvalue weighted by Crippen LogP contribution is 2.26. The smallest absolute Gasteiger partial charge is 0.259 e. The number of carbonyl (C=O) groups is 2. The van der Waals surface area contributed by atoms with E-state index in [1.807, 2.05) is 12.3 Å². The minimum atomic E-state index is -0.597. The van der Waals surface area contributed by atoms with Gasteiger partial charge >= 0.3 is 0 Å². The first-order valence-corrected chi connectivity index (χ1v) is 7.71. The molecule has 0 bridgehead atoms. The van der Waals surface area contributed by atoms with Gasteiger partial charge in [0.25, 0.3) is 11.8 Å². The van der Waals surface area contributed by atoms with E-state index in [0.717, 1.165) is 4.90 Å². The van der Waals surface area contributed by atoms with Crippen LogP contribution in [0, 0.1) is 0 Å². The summed E-state index contributed by atoms with van der Waals surface area (Å²) < 4.78 is 5.26. The number of hydrogen-bond acceptors (Lipinski definition) is 4. The van der Waals surface area contributed by atoms with Gasteiger partial charge in [-0.25, -0.2) is 0 Å². The Morgan fingerprint density at radius 2 is 1.86 bits per heavy atom. The number of methoxy groups -OCH3 is 1. The van der Waals surface area contributed by atoms with Gasteiger partial charge in [-0.3, -0.25) is 9.59 Å². The normalized spacial score (nSPS) is 10.1. The van der Waals surface area contributed by atoms with Crippen molar-refractivity contribution in [2.24, 2.45) is 5.73 Å². The molecule has 0 saturated carbocycles. The Hall–Kier alpha value is -2.47. The number of nitrogens with two attached hydrogens (primary N) is 1. The van der Waals surface area contributed by atoms with E-state index < -0.39 is 5.91 Å². The first-order valence-electron chi connectivity index (χ1n) is 6.49. The summed E-state index contributed by atoms with van der Waals surface area (Å²) in [6, 6.07) is 11.9. The quantitative estimate of drug-likeness (QED) is 0.831. The lowest BCUT2D eigenvalue weighted by molar-refractivity contribution is 0.100. The second-order valence-corrected chi connectivity index (χ2v) is 5.31. The van der Waals surface area contributed by atoms with Gasteiger partial charge < -0.3 is 15.8 Å². The summed E-state index contributed by atoms with van der Waals surface area (Å²) in [6.07, 6.45) is 1.94. The molecule has 2 rings (SSSR count). The molecule has 3 N–H and O–H groups in total. The van der Waals surface area contributed by atoms with Crippen LogP contribution in [0.1, 0.15) is 20.7 Å². The molecule has 0 aliphatic heterocycles. The number of benzene rings is 2. The van der Waals surface area contributed by atoms with Crippen LogP contribution in [0.5, 0.6) is 5.75 Å². The zero-order valence-electron chi connectivity index (χ0n) is 12.3. The monoisotopic (exact) mass is 316 g/mol. The molecule has 2 aromatic rings. The lowest BCUT2D eigenvalue weighted by Gasteiger charge is -2.12. The average Bonchev–Trinajstić information content (AvgIpc) is 2.54. The Kier molecular flexibility index (Phi) is 5.06. The van der Waals surface area contributed by atoms with Crippen LogP contribution in [0.15, 0.2) is 47.4 Å². The fraction of sp³-hybridized carbons (Fsp3) is 0.125. The topological polar surface area (TPSA) is 81.4 Å². The van der Waals surface area contributed by atoms with Crippen molar-refractivity contribution >= 4 is 29.3 Å². The van der Waals surface area contributed by atoms with Gasteiger partial charge in [0.05, 0.1) is 23.9 Å². The standard InChI is InChI=1S/C16H16N2O3S/c1-21-14-9-10(22-2)7-8-12(14)16(20)18-13-6-4-3-5-11(13)15(17)19/h3-9H,1-2H3,(H2,17,19)(H,18,20). The summed E-state index contributed by atoms with van der Waals surface area (Å²) >= 11 is 1.56. The van der Waals surface area contributed by atoms with E-state index in [0.29, 0.717) is 17.0 Å². The Morgan fingerprint density at radius 1 is 1.14 bits per heavy atom. The minimum absolute atomic E-state index is 0.260. The molecule has 0 fully saturated rings. The summed E-state index contributed by atoms with van der Waals surface area (Å²) in [7, 11) is 1.51. The van der Waals surface area contributed by atoms with Crippen LogP contribution >= 0.6 is 11.8 Å². The molecule has 0 atom stereocenters. The predicted octanol–water partition coefficient (Wildman–Crippen LogP) is 2.77. The number of nitrogens with one attached hydrogen (secondary N) is 1. The van der Waals surface area contributed by atoms with E-state index >= 15 is 0 Å². The van der Waals surface area contributed by atoms with E-state index in [1.54, 1.807) is 48.2 Å². The van der Waals surface area contributed by atoms with Crippen LogP contribution in [0.2, 0.25) is 0 Å². The molecule has 114 valence electrons. The molecule has 22 heavy (non-hydrogen) atoms. The van der Waals surface area contributed by atoms with Crippen molar-refractivity contribution in [1.29, 1.82) is 0 Å². The van der Waals surface area contributed by atoms with Gasteiger partial charge in [-0.15, -0.1) is 11.8 Å². The Labute approximate surface area is 132 Å². The number of para-hydroxylation sites is 1. The molecule has 5 nitrogen and oxygen atoms in total. The van der Waals surface area contributed by atoms with Crippen molar-refractivity contribution in [2.45, 2.75) is 4.90 Å². The number of amides is 2. The average molecular weight is 316 g/mol. The van der Waals surface area contributed by atoms with E-state index in [1.165, 1.54) is 7.11 Å². The summed E-state index contributed by atoms with van der Waals surface area (Å²) in [4.78, 5) is 24.8. The van der Waals surface area contributed by atoms with Crippen molar-refractivity contribution < 1.29 is 14.3 Å². The molecule has 0 radical (unpaired) electrons. The maximum atomic E-state index is 12.4. The van der Waals surface area contributed by atoms with Crippen LogP contribution in [0.25, 0.3) is 0 Å². The lowest BCUT2D eigenvalue weighted by Crippen LogP contribution is -2.18. The van der Waals surface area contributed by atoms with Gasteiger partial charge in [-0.05, 0) is 36.6 Å². The minimum Gasteiger partial charge on any atom is -0.496 e. The molecule has 0 saturated heterocycles. The first kappa shape index (κ1) is 15.9. The third kappa shape index (κ3) is 3.40. The highest BCUT2D eigenvalue weighted by Gasteiger charge is 2.15. The number of rotatable bonds is 5. The molecule has 2 aromatic carbocycles.